The van der Waals surface area contributed by atoms with Crippen molar-refractivity contribution < 1.29 is 13.2 Å². The lowest BCUT2D eigenvalue weighted by Gasteiger charge is -1.90. The lowest BCUT2D eigenvalue weighted by molar-refractivity contribution is -0.112. The maximum Gasteiger partial charge on any atom is 0.152 e. The molecule has 0 aliphatic carbocycles. The van der Waals surface area contributed by atoms with Crippen molar-refractivity contribution in [2.24, 2.45) is 0 Å². The molecule has 0 aromatic rings. The number of sulfone groups is 1. The van der Waals surface area contributed by atoms with Gasteiger partial charge in [0.05, 0.1) is 5.75 Å². The Morgan fingerprint density at radius 3 is 2.36 bits per heavy atom. The van der Waals surface area contributed by atoms with Crippen molar-refractivity contribution in [1.29, 1.82) is 0 Å². The van der Waals surface area contributed by atoms with Crippen LogP contribution in [0, 0.1) is 0 Å². The number of hydrogen-bond donors (Lipinski definition) is 0. The summed E-state index contributed by atoms with van der Waals surface area (Å²) in [5.74, 6) is 0.0510. The third-order valence-electron chi connectivity index (χ3n) is 1.01. The second kappa shape index (κ2) is 4.28. The van der Waals surface area contributed by atoms with E-state index >= 15 is 0 Å². The summed E-state index contributed by atoms with van der Waals surface area (Å²) in [6, 6.07) is 0. The molecule has 64 valence electrons. The second-order valence-corrected chi connectivity index (χ2v) is 4.69. The summed E-state index contributed by atoms with van der Waals surface area (Å²) < 4.78 is 21.1. The predicted molar refractivity (Wildman–Crippen MR) is 44.1 cm³/mol. The minimum Gasteiger partial charge on any atom is -0.295 e. The molecule has 11 heavy (non-hydrogen) atoms. The predicted octanol–water partition coefficient (Wildman–Crippen LogP) is 0.566. The first-order chi connectivity index (χ1) is 4.92. The molecule has 3 nitrogen and oxygen atoms in total. The lowest BCUT2D eigenvalue weighted by atomic mass is 10.3. The molecule has 4 heteroatoms. The number of carbonyl (C=O) groups excluding carboxylic acids is 1. The molecule has 0 amide bonds. The van der Waals surface area contributed by atoms with Gasteiger partial charge in [-0.2, -0.15) is 0 Å². The molecule has 0 bridgehead atoms. The number of allylic oxidation sites excluding steroid dienone is 2. The van der Waals surface area contributed by atoms with E-state index in [1.165, 1.54) is 19.3 Å². The number of carbonyl (C=O) groups is 1. The molecule has 0 spiro atoms. The highest BCUT2D eigenvalue weighted by molar-refractivity contribution is 7.90. The Morgan fingerprint density at radius 2 is 2.00 bits per heavy atom. The van der Waals surface area contributed by atoms with Crippen LogP contribution in [0.15, 0.2) is 12.2 Å². The Kier molecular flexibility index (Phi) is 4.03. The van der Waals surface area contributed by atoms with Gasteiger partial charge in [0.25, 0.3) is 0 Å². The summed E-state index contributed by atoms with van der Waals surface area (Å²) in [6.07, 6.45) is 4.54. The molecule has 0 rings (SSSR count). The Bertz CT molecular complexity index is 249. The molecular formula is C7H12O3S. The molecular weight excluding hydrogens is 164 g/mol. The molecule has 0 aliphatic rings. The SMILES string of the molecule is CC(=O)/C=C/CCS(C)(=O)=O. The molecule has 0 heterocycles. The maximum atomic E-state index is 10.6. The van der Waals surface area contributed by atoms with Crippen LogP contribution in [0.4, 0.5) is 0 Å². The van der Waals surface area contributed by atoms with Crippen molar-refractivity contribution in [3.8, 4) is 0 Å². The summed E-state index contributed by atoms with van der Waals surface area (Å²) in [5.41, 5.74) is 0. The van der Waals surface area contributed by atoms with Gasteiger partial charge in [0.1, 0.15) is 9.84 Å². The zero-order chi connectivity index (χ0) is 8.91. The summed E-state index contributed by atoms with van der Waals surface area (Å²) in [4.78, 5) is 10.3. The molecule has 0 fully saturated rings. The fourth-order valence-corrected chi connectivity index (χ4v) is 1.10. The van der Waals surface area contributed by atoms with Crippen LogP contribution >= 0.6 is 0 Å². The quantitative estimate of drug-likeness (QED) is 0.588. The number of rotatable bonds is 4. The zero-order valence-electron chi connectivity index (χ0n) is 6.70. The Hall–Kier alpha value is -0.640. The molecule has 0 saturated carbocycles. The van der Waals surface area contributed by atoms with Gasteiger partial charge in [-0.3, -0.25) is 4.79 Å². The third kappa shape index (κ3) is 9.36. The summed E-state index contributed by atoms with van der Waals surface area (Å²) >= 11 is 0. The molecule has 0 aromatic carbocycles. The minimum absolute atomic E-state index is 0.0569. The van der Waals surface area contributed by atoms with Gasteiger partial charge >= 0.3 is 0 Å². The smallest absolute Gasteiger partial charge is 0.152 e. The van der Waals surface area contributed by atoms with Crippen LogP contribution in [0.3, 0.4) is 0 Å². The van der Waals surface area contributed by atoms with Crippen LogP contribution in [0.5, 0.6) is 0 Å². The summed E-state index contributed by atoms with van der Waals surface area (Å²) in [5, 5.41) is 0. The molecule has 0 aromatic heterocycles. The molecule has 0 unspecified atom stereocenters. The van der Waals surface area contributed by atoms with E-state index < -0.39 is 9.84 Å². The van der Waals surface area contributed by atoms with E-state index in [2.05, 4.69) is 0 Å². The maximum absolute atomic E-state index is 10.6. The average molecular weight is 176 g/mol. The largest absolute Gasteiger partial charge is 0.295 e. The Morgan fingerprint density at radius 1 is 1.45 bits per heavy atom. The Labute approximate surface area is 67.0 Å². The van der Waals surface area contributed by atoms with E-state index in [-0.39, 0.29) is 11.5 Å². The van der Waals surface area contributed by atoms with Gasteiger partial charge in [-0.05, 0) is 19.4 Å². The van der Waals surface area contributed by atoms with Crippen molar-refractivity contribution in [2.45, 2.75) is 13.3 Å². The molecule has 0 atom stereocenters. The molecule has 0 saturated heterocycles. The number of ketones is 1. The highest BCUT2D eigenvalue weighted by Gasteiger charge is 1.97. The van der Waals surface area contributed by atoms with Gasteiger partial charge < -0.3 is 0 Å². The van der Waals surface area contributed by atoms with Crippen molar-refractivity contribution in [2.75, 3.05) is 12.0 Å². The average Bonchev–Trinajstić information content (AvgIpc) is 1.78. The minimum atomic E-state index is -2.88. The van der Waals surface area contributed by atoms with E-state index in [1.807, 2.05) is 0 Å². The normalized spacial score (nSPS) is 12.2. The Balaban J connectivity index is 3.68. The highest BCUT2D eigenvalue weighted by atomic mass is 32.2. The van der Waals surface area contributed by atoms with Crippen molar-refractivity contribution >= 4 is 15.6 Å². The van der Waals surface area contributed by atoms with Crippen molar-refractivity contribution in [3.63, 3.8) is 0 Å². The topological polar surface area (TPSA) is 51.2 Å². The van der Waals surface area contributed by atoms with E-state index in [9.17, 15) is 13.2 Å². The van der Waals surface area contributed by atoms with Gasteiger partial charge in [0.2, 0.25) is 0 Å². The van der Waals surface area contributed by atoms with Crippen LogP contribution in [0.2, 0.25) is 0 Å². The monoisotopic (exact) mass is 176 g/mol. The van der Waals surface area contributed by atoms with E-state index in [1.54, 1.807) is 6.08 Å². The summed E-state index contributed by atoms with van der Waals surface area (Å²) in [7, 11) is -2.88. The van der Waals surface area contributed by atoms with Gasteiger partial charge in [-0.1, -0.05) is 6.08 Å². The van der Waals surface area contributed by atoms with E-state index in [0.717, 1.165) is 0 Å². The van der Waals surface area contributed by atoms with Gasteiger partial charge in [0.15, 0.2) is 5.78 Å². The van der Waals surface area contributed by atoms with Gasteiger partial charge in [-0.25, -0.2) is 8.42 Å². The fourth-order valence-electron chi connectivity index (χ4n) is 0.531. The summed E-state index contributed by atoms with van der Waals surface area (Å²) in [6.45, 7) is 1.43. The van der Waals surface area contributed by atoms with Gasteiger partial charge in [-0.15, -0.1) is 0 Å². The van der Waals surface area contributed by atoms with Crippen LogP contribution in [-0.2, 0) is 14.6 Å². The highest BCUT2D eigenvalue weighted by Crippen LogP contribution is 1.90. The second-order valence-electron chi connectivity index (χ2n) is 2.43. The lowest BCUT2D eigenvalue weighted by Crippen LogP contribution is -2.01. The molecule has 0 radical (unpaired) electrons. The van der Waals surface area contributed by atoms with Crippen molar-refractivity contribution in [1.82, 2.24) is 0 Å². The standard InChI is InChI=1S/C7H12O3S/c1-7(8)5-3-4-6-11(2,9)10/h3,5H,4,6H2,1-2H3/b5-3+. The first kappa shape index (κ1) is 10.4. The van der Waals surface area contributed by atoms with E-state index in [4.69, 9.17) is 0 Å². The molecule has 0 N–H and O–H groups in total. The first-order valence-corrected chi connectivity index (χ1v) is 5.33. The third-order valence-corrected chi connectivity index (χ3v) is 1.99. The number of hydrogen-bond acceptors (Lipinski definition) is 3. The first-order valence-electron chi connectivity index (χ1n) is 3.26. The van der Waals surface area contributed by atoms with E-state index in [0.29, 0.717) is 6.42 Å². The fraction of sp³-hybridized carbons (Fsp3) is 0.571. The molecule has 0 aliphatic heterocycles. The van der Waals surface area contributed by atoms with Crippen molar-refractivity contribution in [3.05, 3.63) is 12.2 Å². The van der Waals surface area contributed by atoms with Crippen LogP contribution in [0.25, 0.3) is 0 Å². The van der Waals surface area contributed by atoms with Crippen LogP contribution in [-0.4, -0.2) is 26.2 Å². The van der Waals surface area contributed by atoms with Gasteiger partial charge in [0, 0.05) is 6.26 Å². The van der Waals surface area contributed by atoms with Crippen LogP contribution in [0.1, 0.15) is 13.3 Å². The van der Waals surface area contributed by atoms with Crippen LogP contribution < -0.4 is 0 Å². The zero-order valence-corrected chi connectivity index (χ0v) is 7.52.